The van der Waals surface area contributed by atoms with Crippen molar-refractivity contribution in [2.45, 2.75) is 25.9 Å². The van der Waals surface area contributed by atoms with Crippen LogP contribution in [0.25, 0.3) is 10.8 Å². The molecule has 2 heteroatoms. The lowest BCUT2D eigenvalue weighted by molar-refractivity contribution is 0.305. The van der Waals surface area contributed by atoms with Crippen molar-refractivity contribution in [2.75, 3.05) is 6.61 Å². The zero-order valence-corrected chi connectivity index (χ0v) is 14.5. The molecule has 0 bridgehead atoms. The van der Waals surface area contributed by atoms with Crippen LogP contribution in [-0.2, 0) is 6.54 Å². The van der Waals surface area contributed by atoms with Crippen LogP contribution < -0.4 is 5.32 Å². The zero-order valence-electron chi connectivity index (χ0n) is 14.5. The second kappa shape index (κ2) is 8.48. The van der Waals surface area contributed by atoms with Crippen LogP contribution in [0.1, 0.15) is 36.1 Å². The van der Waals surface area contributed by atoms with E-state index in [1.807, 2.05) is 12.1 Å². The third-order valence-corrected chi connectivity index (χ3v) is 4.33. The summed E-state index contributed by atoms with van der Waals surface area (Å²) in [5.74, 6) is 6.00. The zero-order chi connectivity index (χ0) is 17.5. The fraction of sp³-hybridized carbons (Fsp3) is 0.217. The van der Waals surface area contributed by atoms with Gasteiger partial charge in [-0.05, 0) is 41.0 Å². The van der Waals surface area contributed by atoms with Crippen LogP contribution in [0.3, 0.4) is 0 Å². The summed E-state index contributed by atoms with van der Waals surface area (Å²) >= 11 is 0. The monoisotopic (exact) mass is 329 g/mol. The Labute approximate surface area is 149 Å². The number of nitrogens with one attached hydrogen (secondary N) is 1. The Morgan fingerprint density at radius 1 is 0.960 bits per heavy atom. The van der Waals surface area contributed by atoms with Crippen molar-refractivity contribution in [3.05, 3.63) is 83.4 Å². The second-order valence-electron chi connectivity index (χ2n) is 6.14. The molecular weight excluding hydrogens is 306 g/mol. The molecule has 0 heterocycles. The Morgan fingerprint density at radius 2 is 1.72 bits per heavy atom. The molecule has 0 aliphatic rings. The summed E-state index contributed by atoms with van der Waals surface area (Å²) in [6, 6.07) is 23.5. The first-order chi connectivity index (χ1) is 12.3. The molecule has 25 heavy (non-hydrogen) atoms. The minimum absolute atomic E-state index is 0.112. The van der Waals surface area contributed by atoms with Crippen LogP contribution in [0.5, 0.6) is 0 Å². The van der Waals surface area contributed by atoms with E-state index in [2.05, 4.69) is 78.7 Å². The third-order valence-electron chi connectivity index (χ3n) is 4.33. The van der Waals surface area contributed by atoms with E-state index in [9.17, 15) is 0 Å². The highest BCUT2D eigenvalue weighted by atomic mass is 16.2. The maximum Gasteiger partial charge on any atom is 0.0540 e. The first-order valence-corrected chi connectivity index (χ1v) is 8.67. The molecule has 0 radical (unpaired) electrons. The molecule has 126 valence electrons. The molecule has 0 aliphatic carbocycles. The molecule has 0 amide bonds. The quantitative estimate of drug-likeness (QED) is 0.679. The van der Waals surface area contributed by atoms with Crippen molar-refractivity contribution in [1.82, 2.24) is 5.32 Å². The van der Waals surface area contributed by atoms with Crippen LogP contribution in [0, 0.1) is 11.8 Å². The van der Waals surface area contributed by atoms with Crippen molar-refractivity contribution >= 4 is 10.8 Å². The van der Waals surface area contributed by atoms with Gasteiger partial charge in [0.2, 0.25) is 0 Å². The molecule has 3 aromatic rings. The molecule has 0 aliphatic heterocycles. The molecule has 0 spiro atoms. The van der Waals surface area contributed by atoms with E-state index in [1.54, 1.807) is 0 Å². The number of aliphatic hydroxyl groups is 1. The van der Waals surface area contributed by atoms with E-state index in [0.717, 1.165) is 12.1 Å². The summed E-state index contributed by atoms with van der Waals surface area (Å²) in [6.07, 6.45) is 0.520. The molecule has 0 unspecified atom stereocenters. The maximum atomic E-state index is 8.76. The smallest absolute Gasteiger partial charge is 0.0540 e. The van der Waals surface area contributed by atoms with Crippen LogP contribution >= 0.6 is 0 Å². The van der Waals surface area contributed by atoms with Crippen LogP contribution in [0.2, 0.25) is 0 Å². The topological polar surface area (TPSA) is 32.3 Å². The summed E-state index contributed by atoms with van der Waals surface area (Å²) in [7, 11) is 0. The van der Waals surface area contributed by atoms with E-state index in [1.165, 1.54) is 21.9 Å². The molecule has 0 fully saturated rings. The Morgan fingerprint density at radius 3 is 2.52 bits per heavy atom. The second-order valence-corrected chi connectivity index (χ2v) is 6.14. The van der Waals surface area contributed by atoms with Crippen LogP contribution in [-0.4, -0.2) is 11.7 Å². The average molecular weight is 329 g/mol. The number of hydrogen-bond acceptors (Lipinski definition) is 2. The fourth-order valence-corrected chi connectivity index (χ4v) is 2.94. The van der Waals surface area contributed by atoms with Gasteiger partial charge >= 0.3 is 0 Å². The lowest BCUT2D eigenvalue weighted by Crippen LogP contribution is -2.18. The van der Waals surface area contributed by atoms with Gasteiger partial charge in [0.05, 0.1) is 6.61 Å². The molecule has 2 N–H and O–H groups in total. The molecule has 3 aromatic carbocycles. The Hall–Kier alpha value is -2.60. The summed E-state index contributed by atoms with van der Waals surface area (Å²) < 4.78 is 0. The van der Waals surface area contributed by atoms with Gasteiger partial charge in [-0.15, -0.1) is 0 Å². The lowest BCUT2D eigenvalue weighted by Gasteiger charge is -2.17. The Bertz CT molecular complexity index is 882. The van der Waals surface area contributed by atoms with Crippen molar-refractivity contribution in [1.29, 1.82) is 0 Å². The lowest BCUT2D eigenvalue weighted by atomic mass is 9.99. The highest BCUT2D eigenvalue weighted by Crippen LogP contribution is 2.24. The van der Waals surface area contributed by atoms with Gasteiger partial charge < -0.3 is 10.4 Å². The van der Waals surface area contributed by atoms with Crippen molar-refractivity contribution in [2.24, 2.45) is 0 Å². The molecule has 2 nitrogen and oxygen atoms in total. The Kier molecular flexibility index (Phi) is 5.85. The van der Waals surface area contributed by atoms with E-state index in [0.29, 0.717) is 6.42 Å². The SMILES string of the molecule is C[C@@H](NCc1ccc(C#CCCO)cc1)c1cccc2ccccc12. The molecule has 3 rings (SSSR count). The first-order valence-electron chi connectivity index (χ1n) is 8.67. The standard InChI is InChI=1S/C23H23NO/c1-18(22-11-6-9-21-8-2-3-10-23(21)22)24-17-20-14-12-19(13-15-20)7-4-5-16-25/h2-3,6,8-15,18,24-25H,5,16-17H2,1H3/t18-/m1/s1. The van der Waals surface area contributed by atoms with Gasteiger partial charge in [-0.3, -0.25) is 0 Å². The predicted molar refractivity (Wildman–Crippen MR) is 104 cm³/mol. The predicted octanol–water partition coefficient (Wildman–Crippen LogP) is 4.42. The molecule has 1 atom stereocenters. The van der Waals surface area contributed by atoms with Gasteiger partial charge in [0.15, 0.2) is 0 Å². The minimum Gasteiger partial charge on any atom is -0.395 e. The van der Waals surface area contributed by atoms with Gasteiger partial charge in [0.25, 0.3) is 0 Å². The number of aliphatic hydroxyl groups excluding tert-OH is 1. The number of fused-ring (bicyclic) bond motifs is 1. The van der Waals surface area contributed by atoms with E-state index < -0.39 is 0 Å². The summed E-state index contributed by atoms with van der Waals surface area (Å²) in [6.45, 7) is 3.13. The van der Waals surface area contributed by atoms with Gasteiger partial charge in [-0.1, -0.05) is 66.4 Å². The van der Waals surface area contributed by atoms with E-state index in [4.69, 9.17) is 5.11 Å². The largest absolute Gasteiger partial charge is 0.395 e. The van der Waals surface area contributed by atoms with Crippen LogP contribution in [0.4, 0.5) is 0 Å². The normalized spacial score (nSPS) is 11.8. The van der Waals surface area contributed by atoms with Gasteiger partial charge in [-0.25, -0.2) is 0 Å². The summed E-state index contributed by atoms with van der Waals surface area (Å²) in [4.78, 5) is 0. The van der Waals surface area contributed by atoms with Gasteiger partial charge in [-0.2, -0.15) is 0 Å². The molecule has 0 saturated heterocycles. The summed E-state index contributed by atoms with van der Waals surface area (Å²) in [5, 5.41) is 15.0. The van der Waals surface area contributed by atoms with Crippen molar-refractivity contribution < 1.29 is 5.11 Å². The molecular formula is C23H23NO. The fourth-order valence-electron chi connectivity index (χ4n) is 2.94. The highest BCUT2D eigenvalue weighted by Gasteiger charge is 2.08. The highest BCUT2D eigenvalue weighted by molar-refractivity contribution is 5.86. The number of benzene rings is 3. The minimum atomic E-state index is 0.112. The van der Waals surface area contributed by atoms with Crippen molar-refractivity contribution in [3.8, 4) is 11.8 Å². The van der Waals surface area contributed by atoms with E-state index >= 15 is 0 Å². The first kappa shape index (κ1) is 17.2. The number of hydrogen-bond donors (Lipinski definition) is 2. The summed E-state index contributed by atoms with van der Waals surface area (Å²) in [5.41, 5.74) is 3.55. The molecule has 0 aromatic heterocycles. The maximum absolute atomic E-state index is 8.76. The average Bonchev–Trinajstić information content (AvgIpc) is 2.67. The Balaban J connectivity index is 1.66. The molecule has 0 saturated carbocycles. The van der Waals surface area contributed by atoms with Crippen LogP contribution in [0.15, 0.2) is 66.7 Å². The van der Waals surface area contributed by atoms with Gasteiger partial charge in [0.1, 0.15) is 0 Å². The van der Waals surface area contributed by atoms with Crippen molar-refractivity contribution in [3.63, 3.8) is 0 Å². The number of rotatable bonds is 5. The third kappa shape index (κ3) is 4.48. The van der Waals surface area contributed by atoms with E-state index in [-0.39, 0.29) is 12.6 Å². The van der Waals surface area contributed by atoms with Gasteiger partial charge in [0, 0.05) is 24.6 Å².